The summed E-state index contributed by atoms with van der Waals surface area (Å²) in [5.41, 5.74) is 8.70. The number of aromatic nitrogens is 1. The van der Waals surface area contributed by atoms with E-state index in [2.05, 4.69) is 11.1 Å². The number of aliphatic carboxylic acids is 1. The molecular weight excluding hydrogens is 289 g/mol. The number of rotatable bonds is 0. The zero-order chi connectivity index (χ0) is 15.7. The summed E-state index contributed by atoms with van der Waals surface area (Å²) in [4.78, 5) is 13.3. The average Bonchev–Trinajstić information content (AvgIpc) is 2.37. The van der Waals surface area contributed by atoms with Crippen molar-refractivity contribution in [3.63, 3.8) is 0 Å². The van der Waals surface area contributed by atoms with Crippen LogP contribution in [-0.2, 0) is 14.9 Å². The summed E-state index contributed by atoms with van der Waals surface area (Å²) in [5.74, 6) is -2.76. The van der Waals surface area contributed by atoms with Crippen molar-refractivity contribution in [2.75, 3.05) is 13.2 Å². The Kier molecular flexibility index (Phi) is 4.20. The van der Waals surface area contributed by atoms with Crippen LogP contribution in [0.2, 0.25) is 0 Å². The molecule has 8 heteroatoms. The Morgan fingerprint density at radius 2 is 2.10 bits per heavy atom. The van der Waals surface area contributed by atoms with Crippen LogP contribution >= 0.6 is 0 Å². The van der Waals surface area contributed by atoms with E-state index in [1.54, 1.807) is 0 Å². The van der Waals surface area contributed by atoms with Crippen molar-refractivity contribution in [3.05, 3.63) is 29.6 Å². The van der Waals surface area contributed by atoms with Gasteiger partial charge in [-0.3, -0.25) is 4.98 Å². The maximum absolute atomic E-state index is 10.6. The molecule has 1 aromatic rings. The largest absolute Gasteiger partial charge is 0.490 e. The van der Waals surface area contributed by atoms with Gasteiger partial charge < -0.3 is 15.6 Å². The summed E-state index contributed by atoms with van der Waals surface area (Å²) in [6.07, 6.45) is -1.07. The van der Waals surface area contributed by atoms with E-state index in [0.717, 1.165) is 31.7 Å². The van der Waals surface area contributed by atoms with E-state index >= 15 is 0 Å². The first-order valence-electron chi connectivity index (χ1n) is 6.35. The van der Waals surface area contributed by atoms with E-state index in [1.165, 1.54) is 5.56 Å². The van der Waals surface area contributed by atoms with Crippen LogP contribution in [-0.4, -0.2) is 35.4 Å². The first-order chi connectivity index (χ1) is 9.76. The smallest absolute Gasteiger partial charge is 0.475 e. The van der Waals surface area contributed by atoms with Crippen LogP contribution in [0.15, 0.2) is 18.3 Å². The van der Waals surface area contributed by atoms with Crippen LogP contribution in [0.25, 0.3) is 0 Å². The van der Waals surface area contributed by atoms with Gasteiger partial charge in [0.15, 0.2) is 0 Å². The molecule has 1 saturated heterocycles. The highest BCUT2D eigenvalue weighted by molar-refractivity contribution is 5.73. The predicted octanol–water partition coefficient (Wildman–Crippen LogP) is 1.78. The highest BCUT2D eigenvalue weighted by atomic mass is 19.4. The fourth-order valence-corrected chi connectivity index (χ4v) is 2.51. The van der Waals surface area contributed by atoms with Crippen molar-refractivity contribution in [2.24, 2.45) is 5.73 Å². The van der Waals surface area contributed by atoms with Crippen LogP contribution in [0.5, 0.6) is 0 Å². The van der Waals surface area contributed by atoms with Crippen molar-refractivity contribution < 1.29 is 27.8 Å². The topological polar surface area (TPSA) is 85.4 Å². The first-order valence-corrected chi connectivity index (χ1v) is 6.35. The maximum Gasteiger partial charge on any atom is 0.490 e. The molecule has 1 atom stereocenters. The lowest BCUT2D eigenvalue weighted by molar-refractivity contribution is -0.192. The Balaban J connectivity index is 0.000000199. The van der Waals surface area contributed by atoms with Gasteiger partial charge >= 0.3 is 12.1 Å². The molecule has 0 amide bonds. The van der Waals surface area contributed by atoms with Crippen LogP contribution in [0.1, 0.15) is 30.1 Å². The average molecular weight is 304 g/mol. The quantitative estimate of drug-likeness (QED) is 0.763. The summed E-state index contributed by atoms with van der Waals surface area (Å²) >= 11 is 0. The van der Waals surface area contributed by atoms with Crippen LogP contribution in [0.4, 0.5) is 13.2 Å². The molecule has 0 radical (unpaired) electrons. The van der Waals surface area contributed by atoms with Crippen molar-refractivity contribution in [3.8, 4) is 0 Å². The third kappa shape index (κ3) is 3.16. The van der Waals surface area contributed by atoms with Crippen molar-refractivity contribution in [2.45, 2.75) is 30.5 Å². The molecule has 2 aliphatic rings. The molecule has 0 aromatic carbocycles. The molecule has 1 fully saturated rings. The van der Waals surface area contributed by atoms with E-state index in [-0.39, 0.29) is 11.5 Å². The predicted molar refractivity (Wildman–Crippen MR) is 66.6 cm³/mol. The molecule has 2 heterocycles. The SMILES string of the molecule is NC1CCC2(COC2)c2cccnc21.O=C(O)C(F)(F)F. The lowest BCUT2D eigenvalue weighted by atomic mass is 9.69. The number of hydrogen-bond acceptors (Lipinski definition) is 4. The molecule has 5 nitrogen and oxygen atoms in total. The van der Waals surface area contributed by atoms with Gasteiger partial charge in [0, 0.05) is 17.7 Å². The lowest BCUT2D eigenvalue weighted by Gasteiger charge is -2.46. The summed E-state index contributed by atoms with van der Waals surface area (Å²) in [6, 6.07) is 4.28. The number of nitrogens with zero attached hydrogens (tertiary/aromatic N) is 1. The number of fused-ring (bicyclic) bond motifs is 2. The number of pyridine rings is 1. The van der Waals surface area contributed by atoms with Crippen LogP contribution in [0.3, 0.4) is 0 Å². The fraction of sp³-hybridized carbons (Fsp3) is 0.538. The van der Waals surface area contributed by atoms with Gasteiger partial charge in [0.05, 0.1) is 18.9 Å². The number of halogens is 3. The number of hydrogen-bond donors (Lipinski definition) is 2. The van der Waals surface area contributed by atoms with Crippen molar-refractivity contribution in [1.82, 2.24) is 4.98 Å². The highest BCUT2D eigenvalue weighted by Crippen LogP contribution is 2.44. The van der Waals surface area contributed by atoms with E-state index in [1.807, 2.05) is 12.3 Å². The molecular formula is C13H15F3N2O3. The number of carboxylic acids is 1. The van der Waals surface area contributed by atoms with Crippen LogP contribution < -0.4 is 5.73 Å². The monoisotopic (exact) mass is 304 g/mol. The molecule has 0 saturated carbocycles. The van der Waals surface area contributed by atoms with Crippen molar-refractivity contribution in [1.29, 1.82) is 0 Å². The minimum Gasteiger partial charge on any atom is -0.475 e. The highest BCUT2D eigenvalue weighted by Gasteiger charge is 2.45. The van der Waals surface area contributed by atoms with E-state index in [4.69, 9.17) is 20.4 Å². The van der Waals surface area contributed by atoms with Gasteiger partial charge in [-0.15, -0.1) is 0 Å². The fourth-order valence-electron chi connectivity index (χ4n) is 2.51. The summed E-state index contributed by atoms with van der Waals surface area (Å²) in [6.45, 7) is 1.69. The zero-order valence-corrected chi connectivity index (χ0v) is 11.1. The Labute approximate surface area is 118 Å². The van der Waals surface area contributed by atoms with Gasteiger partial charge in [-0.05, 0) is 24.5 Å². The van der Waals surface area contributed by atoms with Gasteiger partial charge in [-0.2, -0.15) is 13.2 Å². The molecule has 0 bridgehead atoms. The van der Waals surface area contributed by atoms with Gasteiger partial charge in [0.2, 0.25) is 0 Å². The molecule has 3 N–H and O–H groups in total. The molecule has 1 aliphatic heterocycles. The van der Waals surface area contributed by atoms with Gasteiger partial charge in [0.1, 0.15) is 0 Å². The molecule has 1 spiro atoms. The second-order valence-electron chi connectivity index (χ2n) is 5.16. The summed E-state index contributed by atoms with van der Waals surface area (Å²) in [7, 11) is 0. The Bertz CT molecular complexity index is 530. The first kappa shape index (κ1) is 15.7. The van der Waals surface area contributed by atoms with E-state index < -0.39 is 12.1 Å². The van der Waals surface area contributed by atoms with Gasteiger partial charge in [-0.25, -0.2) is 4.79 Å². The Hall–Kier alpha value is -1.67. The van der Waals surface area contributed by atoms with Gasteiger partial charge in [-0.1, -0.05) is 6.07 Å². The normalized spacial score (nSPS) is 22.6. The summed E-state index contributed by atoms with van der Waals surface area (Å²) < 4.78 is 37.1. The Morgan fingerprint density at radius 3 is 2.57 bits per heavy atom. The van der Waals surface area contributed by atoms with E-state index in [0.29, 0.717) is 0 Å². The van der Waals surface area contributed by atoms with Gasteiger partial charge in [0.25, 0.3) is 0 Å². The molecule has 1 unspecified atom stereocenters. The second-order valence-corrected chi connectivity index (χ2v) is 5.16. The number of carboxylic acid groups (broad SMARTS) is 1. The van der Waals surface area contributed by atoms with Crippen LogP contribution in [0, 0.1) is 0 Å². The van der Waals surface area contributed by atoms with Crippen molar-refractivity contribution >= 4 is 5.97 Å². The minimum atomic E-state index is -5.08. The minimum absolute atomic E-state index is 0.123. The molecule has 1 aliphatic carbocycles. The number of ether oxygens (including phenoxy) is 1. The zero-order valence-electron chi connectivity index (χ0n) is 11.1. The molecule has 21 heavy (non-hydrogen) atoms. The number of carbonyl (C=O) groups is 1. The third-order valence-corrected chi connectivity index (χ3v) is 3.69. The third-order valence-electron chi connectivity index (χ3n) is 3.69. The summed E-state index contributed by atoms with van der Waals surface area (Å²) in [5, 5.41) is 7.12. The number of alkyl halides is 3. The standard InChI is InChI=1S/C11H14N2O.C2HF3O2/c12-9-3-4-11(6-14-7-11)8-2-1-5-13-10(8)9;3-2(4,5)1(6)7/h1-2,5,9H,3-4,6-7,12H2;(H,6,7). The second kappa shape index (κ2) is 5.61. The molecule has 116 valence electrons. The van der Waals surface area contributed by atoms with E-state index in [9.17, 15) is 13.2 Å². The number of nitrogens with two attached hydrogens (primary N) is 1. The molecule has 3 rings (SSSR count). The Morgan fingerprint density at radius 1 is 1.48 bits per heavy atom. The molecule has 1 aromatic heterocycles. The lowest BCUT2D eigenvalue weighted by Crippen LogP contribution is -2.50. The maximum atomic E-state index is 10.6.